The Morgan fingerprint density at radius 1 is 0.619 bits per heavy atom. The minimum absolute atomic E-state index is 0. The third-order valence-electron chi connectivity index (χ3n) is 5.03. The standard InChI is InChI=1S/C16H38N2O.2HI/c1-7-17(5,8-2)13-11-15-19-16-12-14-18(6,9-3)10-4;;/h7-16H2,1-6H3;2*1H/q+2;;/p-2. The topological polar surface area (TPSA) is 9.23 Å². The van der Waals surface area contributed by atoms with Crippen molar-refractivity contribution < 1.29 is 61.7 Å². The summed E-state index contributed by atoms with van der Waals surface area (Å²) < 4.78 is 8.12. The van der Waals surface area contributed by atoms with E-state index in [1.807, 2.05) is 0 Å². The Kier molecular flexibility index (Phi) is 19.3. The smallest absolute Gasteiger partial charge is 0.0806 e. The van der Waals surface area contributed by atoms with Crippen LogP contribution < -0.4 is 48.0 Å². The molecule has 0 aliphatic carbocycles. The number of hydrogen-bond donors (Lipinski definition) is 0. The van der Waals surface area contributed by atoms with E-state index in [-0.39, 0.29) is 48.0 Å². The van der Waals surface area contributed by atoms with Gasteiger partial charge >= 0.3 is 0 Å². The van der Waals surface area contributed by atoms with Crippen LogP contribution in [-0.4, -0.2) is 75.5 Å². The van der Waals surface area contributed by atoms with Crippen LogP contribution in [0, 0.1) is 0 Å². The third kappa shape index (κ3) is 12.4. The molecule has 0 aromatic carbocycles. The maximum atomic E-state index is 5.78. The number of quaternary nitrogens is 2. The molecule has 21 heavy (non-hydrogen) atoms. The number of nitrogens with zero attached hydrogens (tertiary/aromatic N) is 2. The van der Waals surface area contributed by atoms with Gasteiger partial charge in [-0.05, 0) is 27.7 Å². The monoisotopic (exact) mass is 528 g/mol. The van der Waals surface area contributed by atoms with E-state index < -0.39 is 0 Å². The molecule has 3 nitrogen and oxygen atoms in total. The summed E-state index contributed by atoms with van der Waals surface area (Å²) in [6.07, 6.45) is 2.37. The van der Waals surface area contributed by atoms with Crippen LogP contribution in [0.4, 0.5) is 0 Å². The van der Waals surface area contributed by atoms with Crippen molar-refractivity contribution in [3.63, 3.8) is 0 Å². The summed E-state index contributed by atoms with van der Waals surface area (Å²) in [6, 6.07) is 0. The largest absolute Gasteiger partial charge is 1.00 e. The summed E-state index contributed by atoms with van der Waals surface area (Å²) in [4.78, 5) is 0. The normalized spacial score (nSPS) is 11.7. The average molecular weight is 528 g/mol. The molecule has 0 aliphatic rings. The number of halogens is 2. The molecule has 0 spiro atoms. The van der Waals surface area contributed by atoms with Crippen LogP contribution in [0.1, 0.15) is 40.5 Å². The zero-order valence-corrected chi connectivity index (χ0v) is 19.4. The lowest BCUT2D eigenvalue weighted by atomic mass is 10.3. The van der Waals surface area contributed by atoms with Crippen LogP contribution in [0.5, 0.6) is 0 Å². The summed E-state index contributed by atoms with van der Waals surface area (Å²) in [6.45, 7) is 18.3. The second kappa shape index (κ2) is 14.9. The van der Waals surface area contributed by atoms with E-state index in [4.69, 9.17) is 4.74 Å². The van der Waals surface area contributed by atoms with Crippen LogP contribution >= 0.6 is 0 Å². The molecule has 0 amide bonds. The quantitative estimate of drug-likeness (QED) is 0.147. The minimum atomic E-state index is 0. The first-order chi connectivity index (χ1) is 8.95. The van der Waals surface area contributed by atoms with Crippen molar-refractivity contribution in [2.75, 3.05) is 66.6 Å². The molecule has 0 aromatic heterocycles. The van der Waals surface area contributed by atoms with Gasteiger partial charge in [0.05, 0.1) is 66.6 Å². The second-order valence-corrected chi connectivity index (χ2v) is 6.27. The summed E-state index contributed by atoms with van der Waals surface area (Å²) in [5, 5.41) is 0. The van der Waals surface area contributed by atoms with Gasteiger partial charge in [-0.1, -0.05) is 0 Å². The molecule has 0 fully saturated rings. The number of ether oxygens (including phenoxy) is 1. The predicted octanol–water partition coefficient (Wildman–Crippen LogP) is -3.24. The van der Waals surface area contributed by atoms with Gasteiger partial charge in [-0.25, -0.2) is 0 Å². The Hall–Kier alpha value is 1.34. The van der Waals surface area contributed by atoms with Crippen LogP contribution in [0.2, 0.25) is 0 Å². The van der Waals surface area contributed by atoms with E-state index in [2.05, 4.69) is 41.8 Å². The van der Waals surface area contributed by atoms with E-state index in [0.717, 1.165) is 13.2 Å². The molecule has 0 unspecified atom stereocenters. The van der Waals surface area contributed by atoms with Crippen molar-refractivity contribution in [2.24, 2.45) is 0 Å². The fraction of sp³-hybridized carbons (Fsp3) is 1.00. The molecule has 0 rings (SSSR count). The second-order valence-electron chi connectivity index (χ2n) is 6.27. The molecule has 0 radical (unpaired) electrons. The van der Waals surface area contributed by atoms with Crippen molar-refractivity contribution in [3.8, 4) is 0 Å². The third-order valence-corrected chi connectivity index (χ3v) is 5.03. The molecule has 132 valence electrons. The molecule has 0 N–H and O–H groups in total. The highest BCUT2D eigenvalue weighted by Crippen LogP contribution is 2.05. The molecule has 0 saturated heterocycles. The predicted molar refractivity (Wildman–Crippen MR) is 84.3 cm³/mol. The molecule has 5 heteroatoms. The van der Waals surface area contributed by atoms with E-state index in [1.165, 1.54) is 61.1 Å². The van der Waals surface area contributed by atoms with Gasteiger partial charge in [0.1, 0.15) is 0 Å². The van der Waals surface area contributed by atoms with Gasteiger partial charge in [0, 0.05) is 12.8 Å². The van der Waals surface area contributed by atoms with E-state index in [1.54, 1.807) is 0 Å². The van der Waals surface area contributed by atoms with Gasteiger partial charge in [0.2, 0.25) is 0 Å². The Morgan fingerprint density at radius 3 is 1.14 bits per heavy atom. The molecule has 0 saturated carbocycles. The summed E-state index contributed by atoms with van der Waals surface area (Å²) in [5.74, 6) is 0. The van der Waals surface area contributed by atoms with Gasteiger partial charge < -0.3 is 61.7 Å². The van der Waals surface area contributed by atoms with E-state index in [9.17, 15) is 0 Å². The first kappa shape index (κ1) is 27.2. The highest BCUT2D eigenvalue weighted by molar-refractivity contribution is 4.41. The van der Waals surface area contributed by atoms with E-state index in [0.29, 0.717) is 0 Å². The van der Waals surface area contributed by atoms with Crippen LogP contribution in [0.3, 0.4) is 0 Å². The van der Waals surface area contributed by atoms with Crippen LogP contribution in [-0.2, 0) is 4.74 Å². The SMILES string of the molecule is CC[N+](C)(CC)CCCOCCC[N+](C)(CC)CC.[I-].[I-]. The molecule has 0 heterocycles. The fourth-order valence-electron chi connectivity index (χ4n) is 2.28. The molecule has 0 bridgehead atoms. The van der Waals surface area contributed by atoms with Gasteiger partial charge in [-0.3, -0.25) is 0 Å². The van der Waals surface area contributed by atoms with Crippen LogP contribution in [0.15, 0.2) is 0 Å². The Labute approximate surface area is 168 Å². The Bertz CT molecular complexity index is 198. The molecule has 0 aromatic rings. The lowest BCUT2D eigenvalue weighted by Crippen LogP contribution is -3.00. The number of rotatable bonds is 12. The zero-order valence-electron chi connectivity index (χ0n) is 15.1. The van der Waals surface area contributed by atoms with Gasteiger partial charge in [0.15, 0.2) is 0 Å². The average Bonchev–Trinajstić information content (AvgIpc) is 2.45. The van der Waals surface area contributed by atoms with Gasteiger partial charge in [-0.15, -0.1) is 0 Å². The van der Waals surface area contributed by atoms with Gasteiger partial charge in [-0.2, -0.15) is 0 Å². The van der Waals surface area contributed by atoms with E-state index >= 15 is 0 Å². The van der Waals surface area contributed by atoms with Crippen molar-refractivity contribution in [3.05, 3.63) is 0 Å². The zero-order chi connectivity index (χ0) is 14.8. The fourth-order valence-corrected chi connectivity index (χ4v) is 2.28. The Balaban J connectivity index is -0.00000162. The molecular weight excluding hydrogens is 490 g/mol. The highest BCUT2D eigenvalue weighted by atomic mass is 127. The first-order valence-corrected chi connectivity index (χ1v) is 8.20. The summed E-state index contributed by atoms with van der Waals surface area (Å²) >= 11 is 0. The first-order valence-electron chi connectivity index (χ1n) is 8.20. The van der Waals surface area contributed by atoms with Crippen molar-refractivity contribution in [1.29, 1.82) is 0 Å². The maximum Gasteiger partial charge on any atom is 0.0806 e. The minimum Gasteiger partial charge on any atom is -1.00 e. The lowest BCUT2D eigenvalue weighted by molar-refractivity contribution is -0.906. The molecule has 0 atom stereocenters. The lowest BCUT2D eigenvalue weighted by Gasteiger charge is -2.32. The Morgan fingerprint density at radius 2 is 0.905 bits per heavy atom. The van der Waals surface area contributed by atoms with Crippen molar-refractivity contribution in [1.82, 2.24) is 0 Å². The van der Waals surface area contributed by atoms with Crippen LogP contribution in [0.25, 0.3) is 0 Å². The number of hydrogen-bond acceptors (Lipinski definition) is 1. The van der Waals surface area contributed by atoms with Crippen molar-refractivity contribution >= 4 is 0 Å². The highest BCUT2D eigenvalue weighted by Gasteiger charge is 2.16. The molecule has 0 aliphatic heterocycles. The van der Waals surface area contributed by atoms with Gasteiger partial charge in [0.25, 0.3) is 0 Å². The summed E-state index contributed by atoms with van der Waals surface area (Å²) in [5.41, 5.74) is 0. The molecular formula is C16H38I2N2O. The maximum absolute atomic E-state index is 5.78. The van der Waals surface area contributed by atoms with Crippen molar-refractivity contribution in [2.45, 2.75) is 40.5 Å². The summed E-state index contributed by atoms with van der Waals surface area (Å²) in [7, 11) is 4.68.